The number of hydrogen-bond acceptors (Lipinski definition) is 3. The lowest BCUT2D eigenvalue weighted by Gasteiger charge is -2.10. The second kappa shape index (κ2) is 9.76. The molecular formula is C22H27N3O2. The van der Waals surface area contributed by atoms with Crippen LogP contribution in [0.2, 0.25) is 0 Å². The Morgan fingerprint density at radius 1 is 1.07 bits per heavy atom. The molecule has 0 atom stereocenters. The van der Waals surface area contributed by atoms with Gasteiger partial charge in [-0.05, 0) is 30.7 Å². The number of rotatable bonds is 10. The highest BCUT2D eigenvalue weighted by Crippen LogP contribution is 2.17. The van der Waals surface area contributed by atoms with Crippen LogP contribution in [0, 0.1) is 0 Å². The first-order valence-electron chi connectivity index (χ1n) is 9.66. The number of hydrogen-bond donors (Lipinski definition) is 1. The summed E-state index contributed by atoms with van der Waals surface area (Å²) in [4.78, 5) is 16.8. The molecule has 0 aliphatic heterocycles. The van der Waals surface area contributed by atoms with Crippen molar-refractivity contribution in [1.29, 1.82) is 0 Å². The zero-order chi connectivity index (χ0) is 18.9. The van der Waals surface area contributed by atoms with E-state index in [1.54, 1.807) is 0 Å². The molecule has 0 aliphatic carbocycles. The molecule has 3 aromatic rings. The van der Waals surface area contributed by atoms with Gasteiger partial charge in [0.2, 0.25) is 0 Å². The fourth-order valence-electron chi connectivity index (χ4n) is 3.12. The van der Waals surface area contributed by atoms with E-state index in [0.29, 0.717) is 18.7 Å². The quantitative estimate of drug-likeness (QED) is 0.553. The van der Waals surface area contributed by atoms with E-state index in [1.807, 2.05) is 48.5 Å². The number of amides is 1. The summed E-state index contributed by atoms with van der Waals surface area (Å²) in [6.07, 6.45) is 4.25. The highest BCUT2D eigenvalue weighted by Gasteiger charge is 2.10. The summed E-state index contributed by atoms with van der Waals surface area (Å²) in [6, 6.07) is 17.6. The summed E-state index contributed by atoms with van der Waals surface area (Å²) in [5, 5.41) is 2.92. The second-order valence-electron chi connectivity index (χ2n) is 6.58. The number of ether oxygens (including phenoxy) is 1. The molecule has 0 unspecified atom stereocenters. The van der Waals surface area contributed by atoms with Crippen LogP contribution >= 0.6 is 0 Å². The second-order valence-corrected chi connectivity index (χ2v) is 6.58. The molecule has 2 aromatic carbocycles. The van der Waals surface area contributed by atoms with Crippen molar-refractivity contribution in [2.24, 2.45) is 0 Å². The molecule has 27 heavy (non-hydrogen) atoms. The number of fused-ring (bicyclic) bond motifs is 1. The van der Waals surface area contributed by atoms with Gasteiger partial charge in [0.05, 0.1) is 11.0 Å². The summed E-state index contributed by atoms with van der Waals surface area (Å²) < 4.78 is 7.76. The van der Waals surface area contributed by atoms with E-state index < -0.39 is 0 Å². The van der Waals surface area contributed by atoms with Crippen LogP contribution in [0.4, 0.5) is 0 Å². The molecule has 0 spiro atoms. The topological polar surface area (TPSA) is 56.2 Å². The molecule has 1 amide bonds. The Hall–Kier alpha value is -2.82. The smallest absolute Gasteiger partial charge is 0.257 e. The first-order valence-corrected chi connectivity index (χ1v) is 9.66. The van der Waals surface area contributed by atoms with Crippen LogP contribution < -0.4 is 10.1 Å². The molecule has 3 rings (SSSR count). The molecule has 1 heterocycles. The summed E-state index contributed by atoms with van der Waals surface area (Å²) in [5.41, 5.74) is 2.19. The molecule has 0 bridgehead atoms. The number of carbonyl (C=O) groups is 1. The zero-order valence-corrected chi connectivity index (χ0v) is 15.9. The Morgan fingerprint density at radius 3 is 2.67 bits per heavy atom. The van der Waals surface area contributed by atoms with E-state index in [2.05, 4.69) is 22.9 Å². The lowest BCUT2D eigenvalue weighted by Crippen LogP contribution is -2.31. The first kappa shape index (κ1) is 19.0. The molecule has 0 saturated heterocycles. The Bertz CT molecular complexity index is 858. The van der Waals surface area contributed by atoms with Crippen molar-refractivity contribution in [3.05, 3.63) is 60.4 Å². The van der Waals surface area contributed by atoms with Crippen LogP contribution in [0.25, 0.3) is 11.0 Å². The van der Waals surface area contributed by atoms with Crippen LogP contribution in [0.5, 0.6) is 5.75 Å². The van der Waals surface area contributed by atoms with Gasteiger partial charge in [0, 0.05) is 19.5 Å². The van der Waals surface area contributed by atoms with Crippen LogP contribution in [-0.4, -0.2) is 28.6 Å². The van der Waals surface area contributed by atoms with Gasteiger partial charge >= 0.3 is 0 Å². The van der Waals surface area contributed by atoms with Gasteiger partial charge in [-0.2, -0.15) is 0 Å². The Labute approximate surface area is 160 Å². The van der Waals surface area contributed by atoms with E-state index >= 15 is 0 Å². The van der Waals surface area contributed by atoms with Crippen molar-refractivity contribution in [1.82, 2.24) is 14.9 Å². The van der Waals surface area contributed by atoms with Gasteiger partial charge < -0.3 is 14.6 Å². The van der Waals surface area contributed by atoms with E-state index in [0.717, 1.165) is 24.3 Å². The first-order chi connectivity index (χ1) is 13.3. The maximum atomic E-state index is 12.0. The fourth-order valence-corrected chi connectivity index (χ4v) is 3.12. The third-order valence-electron chi connectivity index (χ3n) is 4.50. The zero-order valence-electron chi connectivity index (χ0n) is 15.9. The average molecular weight is 365 g/mol. The van der Waals surface area contributed by atoms with Gasteiger partial charge in [-0.3, -0.25) is 4.79 Å². The Kier molecular flexibility index (Phi) is 6.85. The number of aromatic nitrogens is 2. The number of para-hydroxylation sites is 3. The molecule has 1 aromatic heterocycles. The predicted octanol–water partition coefficient (Wildman–Crippen LogP) is 3.96. The third kappa shape index (κ3) is 5.33. The molecule has 0 fully saturated rings. The van der Waals surface area contributed by atoms with E-state index in [1.165, 1.54) is 18.4 Å². The summed E-state index contributed by atoms with van der Waals surface area (Å²) in [5.74, 6) is 1.61. The normalized spacial score (nSPS) is 10.9. The maximum absolute atomic E-state index is 12.0. The van der Waals surface area contributed by atoms with Gasteiger partial charge in [0.1, 0.15) is 11.6 Å². The van der Waals surface area contributed by atoms with Gasteiger partial charge in [-0.15, -0.1) is 0 Å². The standard InChI is InChI=1S/C22H27N3O2/c1-2-3-9-16-25-20-13-8-7-12-19(20)24-21(25)14-15-23-22(26)17-27-18-10-5-4-6-11-18/h4-8,10-13H,2-3,9,14-17H2,1H3,(H,23,26). The van der Waals surface area contributed by atoms with Gasteiger partial charge in [0.25, 0.3) is 5.91 Å². The number of carbonyl (C=O) groups excluding carboxylic acids is 1. The van der Waals surface area contributed by atoms with Crippen LogP contribution in [-0.2, 0) is 17.8 Å². The minimum absolute atomic E-state index is 0.0247. The highest BCUT2D eigenvalue weighted by molar-refractivity contribution is 5.77. The van der Waals surface area contributed by atoms with Crippen molar-refractivity contribution in [3.63, 3.8) is 0 Å². The van der Waals surface area contributed by atoms with Crippen LogP contribution in [0.15, 0.2) is 54.6 Å². The summed E-state index contributed by atoms with van der Waals surface area (Å²) in [6.45, 7) is 3.75. The SMILES string of the molecule is CCCCCn1c(CCNC(=O)COc2ccccc2)nc2ccccc21. The number of unbranched alkanes of at least 4 members (excludes halogenated alkanes) is 2. The largest absolute Gasteiger partial charge is 0.484 e. The predicted molar refractivity (Wildman–Crippen MR) is 108 cm³/mol. The van der Waals surface area contributed by atoms with Crippen molar-refractivity contribution in [2.45, 2.75) is 39.2 Å². The number of nitrogens with zero attached hydrogens (tertiary/aromatic N) is 2. The minimum Gasteiger partial charge on any atom is -0.484 e. The van der Waals surface area contributed by atoms with Crippen LogP contribution in [0.1, 0.15) is 32.0 Å². The molecule has 1 N–H and O–H groups in total. The lowest BCUT2D eigenvalue weighted by atomic mass is 10.2. The van der Waals surface area contributed by atoms with Crippen molar-refractivity contribution >= 4 is 16.9 Å². The molecule has 5 nitrogen and oxygen atoms in total. The van der Waals surface area contributed by atoms with Crippen LogP contribution in [0.3, 0.4) is 0 Å². The summed E-state index contributed by atoms with van der Waals surface area (Å²) >= 11 is 0. The molecule has 0 aliphatic rings. The van der Waals surface area contributed by atoms with Gasteiger partial charge in [0.15, 0.2) is 6.61 Å². The monoisotopic (exact) mass is 365 g/mol. The summed E-state index contributed by atoms with van der Waals surface area (Å²) in [7, 11) is 0. The minimum atomic E-state index is -0.118. The van der Waals surface area contributed by atoms with E-state index in [4.69, 9.17) is 9.72 Å². The highest BCUT2D eigenvalue weighted by atomic mass is 16.5. The van der Waals surface area contributed by atoms with Crippen molar-refractivity contribution in [3.8, 4) is 5.75 Å². The molecule has 0 radical (unpaired) electrons. The molecule has 142 valence electrons. The molecular weight excluding hydrogens is 338 g/mol. The van der Waals surface area contributed by atoms with Crippen molar-refractivity contribution in [2.75, 3.05) is 13.2 Å². The third-order valence-corrected chi connectivity index (χ3v) is 4.50. The molecule has 0 saturated carbocycles. The average Bonchev–Trinajstić information content (AvgIpc) is 3.05. The maximum Gasteiger partial charge on any atom is 0.257 e. The Morgan fingerprint density at radius 2 is 1.85 bits per heavy atom. The Balaban J connectivity index is 1.54. The number of aryl methyl sites for hydroxylation is 1. The van der Waals surface area contributed by atoms with Crippen molar-refractivity contribution < 1.29 is 9.53 Å². The number of benzene rings is 2. The van der Waals surface area contributed by atoms with E-state index in [-0.39, 0.29) is 12.5 Å². The van der Waals surface area contributed by atoms with Gasteiger partial charge in [-0.1, -0.05) is 50.1 Å². The fraction of sp³-hybridized carbons (Fsp3) is 0.364. The van der Waals surface area contributed by atoms with E-state index in [9.17, 15) is 4.79 Å². The number of nitrogens with one attached hydrogen (secondary N) is 1. The number of imidazole rings is 1. The lowest BCUT2D eigenvalue weighted by molar-refractivity contribution is -0.123. The molecule has 5 heteroatoms. The van der Waals surface area contributed by atoms with Gasteiger partial charge in [-0.25, -0.2) is 4.98 Å².